The van der Waals surface area contributed by atoms with Crippen LogP contribution in [0.25, 0.3) is 0 Å². The van der Waals surface area contributed by atoms with Crippen molar-refractivity contribution < 1.29 is 30.4 Å². The van der Waals surface area contributed by atoms with Crippen LogP contribution in [0.3, 0.4) is 0 Å². The third kappa shape index (κ3) is 8.47. The van der Waals surface area contributed by atoms with Crippen LogP contribution < -0.4 is 5.32 Å². The Morgan fingerprint density at radius 3 is 1.91 bits per heavy atom. The van der Waals surface area contributed by atoms with E-state index in [4.69, 9.17) is 30.4 Å². The highest BCUT2D eigenvalue weighted by Crippen LogP contribution is 2.35. The van der Waals surface area contributed by atoms with Crippen LogP contribution in [-0.4, -0.2) is 54.8 Å². The summed E-state index contributed by atoms with van der Waals surface area (Å²) < 4.78 is 0. The molecule has 22 heavy (non-hydrogen) atoms. The van der Waals surface area contributed by atoms with Gasteiger partial charge in [-0.15, -0.1) is 11.8 Å². The Morgan fingerprint density at radius 2 is 1.50 bits per heavy atom. The van der Waals surface area contributed by atoms with E-state index < -0.39 is 18.5 Å². The number of hydrogen-bond donors (Lipinski definition) is 7. The predicted octanol–water partition coefficient (Wildman–Crippen LogP) is 0.344. The number of aliphatic hydroxyl groups is 2. The summed E-state index contributed by atoms with van der Waals surface area (Å²) in [6.07, 6.45) is 0. The average molecular weight is 333 g/mol. The number of phenolic OH excluding ortho intramolecular Hbond substituents is 1. The first-order valence-corrected chi connectivity index (χ1v) is 7.52. The van der Waals surface area contributed by atoms with Crippen molar-refractivity contribution in [1.82, 2.24) is 0 Å². The smallest absolute Gasteiger partial charge is 0.508 e. The molecule has 7 nitrogen and oxygen atoms in total. The zero-order valence-electron chi connectivity index (χ0n) is 13.1. The molecule has 1 heterocycles. The molecule has 0 saturated heterocycles. The summed E-state index contributed by atoms with van der Waals surface area (Å²) in [4.78, 5) is 1.14. The van der Waals surface area contributed by atoms with Crippen molar-refractivity contribution in [2.45, 2.75) is 43.8 Å². The molecule has 0 radical (unpaired) electrons. The SMILES string of the molecule is CC(C)(O)C(C)(C)O.OB(O)O.Oc1ccc2c(c1)SCN2. The van der Waals surface area contributed by atoms with Gasteiger partial charge >= 0.3 is 7.32 Å². The van der Waals surface area contributed by atoms with E-state index in [-0.39, 0.29) is 0 Å². The molecule has 0 atom stereocenters. The van der Waals surface area contributed by atoms with Gasteiger partial charge in [0, 0.05) is 10.6 Å². The van der Waals surface area contributed by atoms with Crippen molar-refractivity contribution >= 4 is 24.8 Å². The van der Waals surface area contributed by atoms with E-state index in [1.807, 2.05) is 6.07 Å². The lowest BCUT2D eigenvalue weighted by Crippen LogP contribution is -2.44. The molecule has 0 spiro atoms. The molecule has 7 N–H and O–H groups in total. The van der Waals surface area contributed by atoms with E-state index in [1.165, 1.54) is 0 Å². The molecule has 1 aliphatic rings. The molecule has 0 fully saturated rings. The van der Waals surface area contributed by atoms with Gasteiger partial charge in [0.25, 0.3) is 0 Å². The van der Waals surface area contributed by atoms with E-state index in [0.717, 1.165) is 16.5 Å². The summed E-state index contributed by atoms with van der Waals surface area (Å²) in [5, 5.41) is 51.9. The summed E-state index contributed by atoms with van der Waals surface area (Å²) in [6.45, 7) is 6.31. The van der Waals surface area contributed by atoms with Crippen LogP contribution in [0.2, 0.25) is 0 Å². The topological polar surface area (TPSA) is 133 Å². The van der Waals surface area contributed by atoms with Gasteiger partial charge in [0.15, 0.2) is 0 Å². The highest BCUT2D eigenvalue weighted by Gasteiger charge is 2.31. The van der Waals surface area contributed by atoms with Crippen LogP contribution in [0.1, 0.15) is 27.7 Å². The first kappa shape index (κ1) is 21.0. The molecule has 0 unspecified atom stereocenters. The average Bonchev–Trinajstić information content (AvgIpc) is 2.73. The quantitative estimate of drug-likeness (QED) is 0.289. The lowest BCUT2D eigenvalue weighted by atomic mass is 9.90. The van der Waals surface area contributed by atoms with Crippen LogP contribution in [0.15, 0.2) is 23.1 Å². The number of nitrogens with one attached hydrogen (secondary N) is 1. The highest BCUT2D eigenvalue weighted by atomic mass is 32.2. The maximum atomic E-state index is 9.10. The minimum Gasteiger partial charge on any atom is -0.508 e. The van der Waals surface area contributed by atoms with Crippen molar-refractivity contribution in [1.29, 1.82) is 0 Å². The molecule has 0 aliphatic carbocycles. The first-order chi connectivity index (χ1) is 9.84. The Bertz CT molecular complexity index is 444. The third-order valence-electron chi connectivity index (χ3n) is 2.95. The maximum Gasteiger partial charge on any atom is 0.631 e. The monoisotopic (exact) mass is 333 g/mol. The van der Waals surface area contributed by atoms with Gasteiger partial charge in [0.05, 0.1) is 17.1 Å². The Labute approximate surface area is 134 Å². The van der Waals surface area contributed by atoms with Gasteiger partial charge in [-0.05, 0) is 45.9 Å². The molecule has 1 aliphatic heterocycles. The molecular formula is C13H24BNO6S. The Hall–Kier alpha value is -0.965. The number of rotatable bonds is 1. The number of hydrogen-bond acceptors (Lipinski definition) is 8. The minimum atomic E-state index is -2.17. The molecule has 0 saturated carbocycles. The number of thioether (sulfide) groups is 1. The number of fused-ring (bicyclic) bond motifs is 1. The summed E-state index contributed by atoms with van der Waals surface area (Å²) in [6, 6.07) is 5.36. The fourth-order valence-electron chi connectivity index (χ4n) is 0.968. The standard InChI is InChI=1S/C7H7NOS.C6H14O2.BH3O3/c9-5-1-2-6-7(3-5)10-4-8-6;1-5(2,7)6(3,4)8;2-1(3)4/h1-3,8-9H,4H2;7-8H,1-4H3;2-4H. The zero-order chi connectivity index (χ0) is 17.6. The van der Waals surface area contributed by atoms with Gasteiger partial charge in [0.1, 0.15) is 5.75 Å². The van der Waals surface area contributed by atoms with Crippen LogP contribution >= 0.6 is 11.8 Å². The molecule has 126 valence electrons. The van der Waals surface area contributed by atoms with E-state index in [1.54, 1.807) is 51.6 Å². The second-order valence-corrected chi connectivity index (χ2v) is 6.63. The van der Waals surface area contributed by atoms with Crippen molar-refractivity contribution in [2.75, 3.05) is 11.2 Å². The molecule has 0 amide bonds. The molecule has 9 heteroatoms. The van der Waals surface area contributed by atoms with Crippen molar-refractivity contribution in [3.63, 3.8) is 0 Å². The van der Waals surface area contributed by atoms with Crippen molar-refractivity contribution in [3.8, 4) is 5.75 Å². The summed E-state index contributed by atoms with van der Waals surface area (Å²) in [7, 11) is -2.17. The zero-order valence-corrected chi connectivity index (χ0v) is 13.9. The molecule has 0 bridgehead atoms. The van der Waals surface area contributed by atoms with Gasteiger partial charge < -0.3 is 35.7 Å². The normalized spacial score (nSPS) is 13.0. The third-order valence-corrected chi connectivity index (χ3v) is 3.89. The summed E-state index contributed by atoms with van der Waals surface area (Å²) in [5.74, 6) is 1.26. The van der Waals surface area contributed by atoms with Gasteiger partial charge in [0.2, 0.25) is 0 Å². The fourth-order valence-corrected chi connectivity index (χ4v) is 1.85. The first-order valence-electron chi connectivity index (χ1n) is 6.53. The van der Waals surface area contributed by atoms with Gasteiger partial charge in [-0.25, -0.2) is 0 Å². The molecule has 0 aromatic heterocycles. The Kier molecular flexibility index (Phi) is 8.23. The number of aromatic hydroxyl groups is 1. The molecule has 1 aromatic rings. The second-order valence-electron chi connectivity index (χ2n) is 5.61. The molecule has 1 aromatic carbocycles. The van der Waals surface area contributed by atoms with E-state index in [9.17, 15) is 0 Å². The van der Waals surface area contributed by atoms with Crippen LogP contribution in [0.5, 0.6) is 5.75 Å². The maximum absolute atomic E-state index is 9.10. The summed E-state index contributed by atoms with van der Waals surface area (Å²) in [5.41, 5.74) is -0.886. The van der Waals surface area contributed by atoms with Crippen LogP contribution in [0.4, 0.5) is 5.69 Å². The van der Waals surface area contributed by atoms with Gasteiger partial charge in [-0.1, -0.05) is 0 Å². The largest absolute Gasteiger partial charge is 0.631 e. The van der Waals surface area contributed by atoms with Crippen LogP contribution in [0, 0.1) is 0 Å². The highest BCUT2D eigenvalue weighted by molar-refractivity contribution is 7.99. The predicted molar refractivity (Wildman–Crippen MR) is 87.5 cm³/mol. The number of anilines is 1. The van der Waals surface area contributed by atoms with Gasteiger partial charge in [-0.3, -0.25) is 0 Å². The summed E-state index contributed by atoms with van der Waals surface area (Å²) >= 11 is 1.71. The molecular weight excluding hydrogens is 309 g/mol. The minimum absolute atomic E-state index is 0.343. The second kappa shape index (κ2) is 8.61. The van der Waals surface area contributed by atoms with Crippen molar-refractivity contribution in [2.24, 2.45) is 0 Å². The fraction of sp³-hybridized carbons (Fsp3) is 0.538. The van der Waals surface area contributed by atoms with E-state index in [2.05, 4.69) is 5.32 Å². The Balaban J connectivity index is 0.000000332. The lowest BCUT2D eigenvalue weighted by molar-refractivity contribution is -0.107. The Morgan fingerprint density at radius 1 is 1.05 bits per heavy atom. The molecule has 2 rings (SSSR count). The van der Waals surface area contributed by atoms with E-state index >= 15 is 0 Å². The number of benzene rings is 1. The van der Waals surface area contributed by atoms with E-state index in [0.29, 0.717) is 5.75 Å². The lowest BCUT2D eigenvalue weighted by Gasteiger charge is -2.31. The van der Waals surface area contributed by atoms with Crippen LogP contribution in [-0.2, 0) is 0 Å². The number of phenols is 1. The van der Waals surface area contributed by atoms with Gasteiger partial charge in [-0.2, -0.15) is 0 Å². The van der Waals surface area contributed by atoms with Crippen molar-refractivity contribution in [3.05, 3.63) is 18.2 Å².